The van der Waals surface area contributed by atoms with Crippen LogP contribution in [-0.4, -0.2) is 24.1 Å². The summed E-state index contributed by atoms with van der Waals surface area (Å²) in [5.74, 6) is -1.20. The second kappa shape index (κ2) is 7.80. The molecule has 27 heavy (non-hydrogen) atoms. The van der Waals surface area contributed by atoms with Gasteiger partial charge in [-0.15, -0.1) is 11.3 Å². The Morgan fingerprint density at radius 2 is 2.00 bits per heavy atom. The molecule has 0 fully saturated rings. The fourth-order valence-electron chi connectivity index (χ4n) is 2.23. The van der Waals surface area contributed by atoms with Crippen molar-refractivity contribution in [3.05, 3.63) is 75.0 Å². The number of benzene rings is 1. The van der Waals surface area contributed by atoms with Crippen LogP contribution in [0.2, 0.25) is 0 Å². The maximum atomic E-state index is 13.3. The molecule has 1 N–H and O–H groups in total. The Kier molecular flexibility index (Phi) is 5.47. The van der Waals surface area contributed by atoms with Crippen LogP contribution >= 0.6 is 11.3 Å². The molecule has 0 saturated carbocycles. The number of halogens is 1. The van der Waals surface area contributed by atoms with Crippen LogP contribution in [0.25, 0.3) is 0 Å². The molecule has 1 amide bonds. The molecular formula is C17H14FN3O4S2. The van der Waals surface area contributed by atoms with Gasteiger partial charge in [0.25, 0.3) is 5.56 Å². The molecular weight excluding hydrogens is 393 g/mol. The Morgan fingerprint density at radius 3 is 2.70 bits per heavy atom. The number of hydrogen-bond donors (Lipinski definition) is 1. The minimum absolute atomic E-state index is 0.289. The van der Waals surface area contributed by atoms with Gasteiger partial charge in [0.15, 0.2) is 5.03 Å². The highest BCUT2D eigenvalue weighted by atomic mass is 32.2. The van der Waals surface area contributed by atoms with E-state index in [1.807, 2.05) is 17.5 Å². The number of carbonyl (C=O) groups is 1. The molecule has 0 radical (unpaired) electrons. The van der Waals surface area contributed by atoms with E-state index in [9.17, 15) is 22.4 Å². The summed E-state index contributed by atoms with van der Waals surface area (Å²) in [5.41, 5.74) is -0.625. The van der Waals surface area contributed by atoms with Gasteiger partial charge in [0.05, 0.1) is 11.4 Å². The largest absolute Gasteiger partial charge is 0.350 e. The highest BCUT2D eigenvalue weighted by Gasteiger charge is 2.21. The van der Waals surface area contributed by atoms with E-state index >= 15 is 0 Å². The summed E-state index contributed by atoms with van der Waals surface area (Å²) in [5, 5.41) is 7.83. The van der Waals surface area contributed by atoms with Crippen LogP contribution in [-0.2, 0) is 27.7 Å². The summed E-state index contributed by atoms with van der Waals surface area (Å²) in [6, 6.07) is 10.2. The Labute approximate surface area is 158 Å². The zero-order valence-corrected chi connectivity index (χ0v) is 15.5. The molecule has 140 valence electrons. The predicted molar refractivity (Wildman–Crippen MR) is 96.5 cm³/mol. The quantitative estimate of drug-likeness (QED) is 0.669. The zero-order valence-electron chi connectivity index (χ0n) is 13.8. The number of thiophene rings is 1. The topological polar surface area (TPSA) is 98.1 Å². The average Bonchev–Trinajstić information content (AvgIpc) is 3.15. The standard InChI is InChI=1S/C17H14FN3O4S2/c18-12-3-1-5-14(9-12)27(24,25)16-6-7-17(23)21(20-16)11-15(22)19-10-13-4-2-8-26-13/h1-9H,10-11H2,(H,19,22). The lowest BCUT2D eigenvalue weighted by Crippen LogP contribution is -2.33. The number of carbonyl (C=O) groups excluding carboxylic acids is 1. The fourth-order valence-corrected chi connectivity index (χ4v) is 4.10. The summed E-state index contributed by atoms with van der Waals surface area (Å²) < 4.78 is 39.2. The first-order valence-electron chi connectivity index (χ1n) is 7.74. The highest BCUT2D eigenvalue weighted by molar-refractivity contribution is 7.91. The first-order valence-corrected chi connectivity index (χ1v) is 10.1. The molecule has 2 heterocycles. The third-order valence-electron chi connectivity index (χ3n) is 3.56. The van der Waals surface area contributed by atoms with Crippen molar-refractivity contribution >= 4 is 27.1 Å². The lowest BCUT2D eigenvalue weighted by Gasteiger charge is -2.08. The molecule has 10 heteroatoms. The second-order valence-electron chi connectivity index (χ2n) is 5.48. The number of aromatic nitrogens is 2. The van der Waals surface area contributed by atoms with Gasteiger partial charge in [-0.3, -0.25) is 9.59 Å². The van der Waals surface area contributed by atoms with Crippen molar-refractivity contribution in [2.75, 3.05) is 0 Å². The summed E-state index contributed by atoms with van der Waals surface area (Å²) >= 11 is 1.47. The number of amides is 1. The van der Waals surface area contributed by atoms with E-state index < -0.39 is 38.7 Å². The molecule has 3 aromatic rings. The van der Waals surface area contributed by atoms with Crippen LogP contribution in [0.4, 0.5) is 4.39 Å². The van der Waals surface area contributed by atoms with Crippen molar-refractivity contribution < 1.29 is 17.6 Å². The maximum absolute atomic E-state index is 13.3. The van der Waals surface area contributed by atoms with Gasteiger partial charge in [-0.05, 0) is 35.7 Å². The van der Waals surface area contributed by atoms with E-state index in [0.29, 0.717) is 6.54 Å². The lowest BCUT2D eigenvalue weighted by atomic mass is 10.4. The molecule has 0 spiro atoms. The number of rotatable bonds is 6. The summed E-state index contributed by atoms with van der Waals surface area (Å²) in [4.78, 5) is 24.6. The van der Waals surface area contributed by atoms with Gasteiger partial charge in [-0.25, -0.2) is 17.5 Å². The Balaban J connectivity index is 1.81. The zero-order chi connectivity index (χ0) is 19.4. The Morgan fingerprint density at radius 1 is 1.19 bits per heavy atom. The summed E-state index contributed by atoms with van der Waals surface area (Å²) in [7, 11) is -4.13. The Hall–Kier alpha value is -2.85. The normalized spacial score (nSPS) is 11.3. The molecule has 0 aliphatic heterocycles. The third kappa shape index (κ3) is 4.47. The van der Waals surface area contributed by atoms with Gasteiger partial charge in [0.1, 0.15) is 12.4 Å². The van der Waals surface area contributed by atoms with Crippen molar-refractivity contribution in [2.45, 2.75) is 23.0 Å². The summed E-state index contributed by atoms with van der Waals surface area (Å²) in [6.45, 7) is -0.136. The summed E-state index contributed by atoms with van der Waals surface area (Å²) in [6.07, 6.45) is 0. The molecule has 7 nitrogen and oxygen atoms in total. The maximum Gasteiger partial charge on any atom is 0.267 e. The molecule has 0 unspecified atom stereocenters. The monoisotopic (exact) mass is 407 g/mol. The molecule has 0 saturated heterocycles. The van der Waals surface area contributed by atoms with E-state index in [2.05, 4.69) is 10.4 Å². The van der Waals surface area contributed by atoms with Gasteiger partial charge in [-0.2, -0.15) is 5.10 Å². The number of nitrogens with one attached hydrogen (secondary N) is 1. The number of sulfone groups is 1. The molecule has 0 aliphatic carbocycles. The second-order valence-corrected chi connectivity index (χ2v) is 8.41. The number of hydrogen-bond acceptors (Lipinski definition) is 6. The molecule has 0 bridgehead atoms. The van der Waals surface area contributed by atoms with Crippen LogP contribution < -0.4 is 10.9 Å². The van der Waals surface area contributed by atoms with E-state index in [-0.39, 0.29) is 4.90 Å². The first-order chi connectivity index (χ1) is 12.9. The molecule has 2 aromatic heterocycles. The fraction of sp³-hybridized carbons (Fsp3) is 0.118. The van der Waals surface area contributed by atoms with Crippen LogP contribution in [0.3, 0.4) is 0 Å². The van der Waals surface area contributed by atoms with Crippen LogP contribution in [0.1, 0.15) is 4.88 Å². The van der Waals surface area contributed by atoms with E-state index in [0.717, 1.165) is 33.8 Å². The minimum Gasteiger partial charge on any atom is -0.350 e. The molecule has 0 atom stereocenters. The van der Waals surface area contributed by atoms with Gasteiger partial charge in [-0.1, -0.05) is 12.1 Å². The first kappa shape index (κ1) is 18.9. The molecule has 3 rings (SSSR count). The van der Waals surface area contributed by atoms with Gasteiger partial charge < -0.3 is 5.32 Å². The smallest absolute Gasteiger partial charge is 0.267 e. The van der Waals surface area contributed by atoms with Crippen molar-refractivity contribution in [1.82, 2.24) is 15.1 Å². The van der Waals surface area contributed by atoms with Gasteiger partial charge in [0, 0.05) is 10.9 Å². The van der Waals surface area contributed by atoms with Gasteiger partial charge in [0.2, 0.25) is 15.7 Å². The van der Waals surface area contributed by atoms with Gasteiger partial charge >= 0.3 is 0 Å². The van der Waals surface area contributed by atoms with Crippen molar-refractivity contribution in [3.63, 3.8) is 0 Å². The lowest BCUT2D eigenvalue weighted by molar-refractivity contribution is -0.122. The van der Waals surface area contributed by atoms with E-state index in [1.165, 1.54) is 23.5 Å². The van der Waals surface area contributed by atoms with Crippen molar-refractivity contribution in [2.24, 2.45) is 0 Å². The van der Waals surface area contributed by atoms with Crippen molar-refractivity contribution in [1.29, 1.82) is 0 Å². The van der Waals surface area contributed by atoms with E-state index in [4.69, 9.17) is 0 Å². The third-order valence-corrected chi connectivity index (χ3v) is 6.08. The highest BCUT2D eigenvalue weighted by Crippen LogP contribution is 2.18. The van der Waals surface area contributed by atoms with Crippen molar-refractivity contribution in [3.8, 4) is 0 Å². The molecule has 0 aliphatic rings. The SMILES string of the molecule is O=C(Cn1nc(S(=O)(=O)c2cccc(F)c2)ccc1=O)NCc1cccs1. The average molecular weight is 407 g/mol. The Bertz CT molecular complexity index is 1130. The molecule has 1 aromatic carbocycles. The predicted octanol–water partition coefficient (Wildman–Crippen LogP) is 1.59. The van der Waals surface area contributed by atoms with Crippen LogP contribution in [0.5, 0.6) is 0 Å². The minimum atomic E-state index is -4.13. The number of nitrogens with zero attached hydrogens (tertiary/aromatic N) is 2. The van der Waals surface area contributed by atoms with Crippen LogP contribution in [0.15, 0.2) is 68.6 Å². The van der Waals surface area contributed by atoms with Crippen LogP contribution in [0, 0.1) is 5.82 Å². The van der Waals surface area contributed by atoms with E-state index in [1.54, 1.807) is 0 Å².